The molecule has 3 rings (SSSR count). The Kier molecular flexibility index (Phi) is 8.43. The second kappa shape index (κ2) is 11.3. The van der Waals surface area contributed by atoms with Gasteiger partial charge in [-0.25, -0.2) is 20.0 Å². The number of hydroxylamine groups is 1. The summed E-state index contributed by atoms with van der Waals surface area (Å²) < 4.78 is 1.89. The first kappa shape index (κ1) is 22.5. The predicted octanol–water partition coefficient (Wildman–Crippen LogP) is 5.76. The van der Waals surface area contributed by atoms with Gasteiger partial charge in [0.25, 0.3) is 0 Å². The monoisotopic (exact) mass is 411 g/mol. The van der Waals surface area contributed by atoms with Crippen LogP contribution in [0.4, 0.5) is 5.82 Å². The molecule has 1 aliphatic rings. The summed E-state index contributed by atoms with van der Waals surface area (Å²) in [5, 5.41) is 1.77. The summed E-state index contributed by atoms with van der Waals surface area (Å²) >= 11 is 0. The van der Waals surface area contributed by atoms with Crippen LogP contribution in [0.1, 0.15) is 71.6 Å². The van der Waals surface area contributed by atoms with Gasteiger partial charge in [0.15, 0.2) is 17.0 Å². The van der Waals surface area contributed by atoms with E-state index in [-0.39, 0.29) is 0 Å². The molecule has 0 radical (unpaired) electrons. The Balaban J connectivity index is 1.48. The van der Waals surface area contributed by atoms with Crippen molar-refractivity contribution >= 4 is 17.0 Å². The van der Waals surface area contributed by atoms with E-state index in [2.05, 4.69) is 41.0 Å². The van der Waals surface area contributed by atoms with Crippen molar-refractivity contribution in [2.24, 2.45) is 13.0 Å². The molecule has 2 heterocycles. The molecule has 0 saturated heterocycles. The minimum Gasteiger partial charge on any atom is -0.318 e. The third-order valence-electron chi connectivity index (χ3n) is 6.24. The summed E-state index contributed by atoms with van der Waals surface area (Å²) in [5.41, 5.74) is 4.46. The SMILES string of the molecule is CON(C/C=C(\C)CC/C=C(\C)CCC1CCCCC1)c1ncnc2c1ncn2C. The molecule has 0 bridgehead atoms. The average Bonchev–Trinajstić information content (AvgIpc) is 3.15. The Bertz CT molecular complexity index is 864. The lowest BCUT2D eigenvalue weighted by atomic mass is 9.85. The van der Waals surface area contributed by atoms with E-state index in [1.165, 1.54) is 50.5 Å². The summed E-state index contributed by atoms with van der Waals surface area (Å²) in [7, 11) is 3.59. The molecule has 1 fully saturated rings. The highest BCUT2D eigenvalue weighted by Gasteiger charge is 2.15. The van der Waals surface area contributed by atoms with Gasteiger partial charge in [-0.15, -0.1) is 0 Å². The van der Waals surface area contributed by atoms with Crippen molar-refractivity contribution in [3.8, 4) is 0 Å². The predicted molar refractivity (Wildman–Crippen MR) is 123 cm³/mol. The van der Waals surface area contributed by atoms with E-state index in [0.717, 1.165) is 29.9 Å². The lowest BCUT2D eigenvalue weighted by Gasteiger charge is -2.21. The fourth-order valence-electron chi connectivity index (χ4n) is 4.26. The molecule has 0 spiro atoms. The van der Waals surface area contributed by atoms with E-state index in [1.807, 2.05) is 11.6 Å². The molecule has 2 aromatic rings. The number of imidazole rings is 1. The van der Waals surface area contributed by atoms with Crippen LogP contribution in [0.2, 0.25) is 0 Å². The van der Waals surface area contributed by atoms with Crippen molar-refractivity contribution in [3.63, 3.8) is 0 Å². The van der Waals surface area contributed by atoms with Gasteiger partial charge >= 0.3 is 0 Å². The Labute approximate surface area is 181 Å². The van der Waals surface area contributed by atoms with E-state index < -0.39 is 0 Å². The van der Waals surface area contributed by atoms with Crippen molar-refractivity contribution in [1.82, 2.24) is 19.5 Å². The third-order valence-corrected chi connectivity index (χ3v) is 6.24. The average molecular weight is 412 g/mol. The van der Waals surface area contributed by atoms with Crippen molar-refractivity contribution in [2.75, 3.05) is 18.7 Å². The number of hydrogen-bond acceptors (Lipinski definition) is 5. The number of nitrogens with zero attached hydrogens (tertiary/aromatic N) is 5. The maximum atomic E-state index is 5.57. The highest BCUT2D eigenvalue weighted by Crippen LogP contribution is 2.28. The Hall–Kier alpha value is -2.21. The quantitative estimate of drug-likeness (QED) is 0.367. The smallest absolute Gasteiger partial charge is 0.184 e. The molecule has 0 N–H and O–H groups in total. The minimum atomic E-state index is 0.634. The second-order valence-corrected chi connectivity index (χ2v) is 8.65. The van der Waals surface area contributed by atoms with Crippen molar-refractivity contribution in [1.29, 1.82) is 0 Å². The first-order valence-corrected chi connectivity index (χ1v) is 11.3. The van der Waals surface area contributed by atoms with E-state index in [9.17, 15) is 0 Å². The highest BCUT2D eigenvalue weighted by atomic mass is 16.7. The van der Waals surface area contributed by atoms with Crippen molar-refractivity contribution < 1.29 is 4.84 Å². The highest BCUT2D eigenvalue weighted by molar-refractivity contribution is 5.82. The number of fused-ring (bicyclic) bond motifs is 1. The number of hydrogen-bond donors (Lipinski definition) is 0. The van der Waals surface area contributed by atoms with E-state index in [0.29, 0.717) is 12.4 Å². The van der Waals surface area contributed by atoms with Crippen LogP contribution in [0.15, 0.2) is 36.0 Å². The summed E-state index contributed by atoms with van der Waals surface area (Å²) in [6.45, 7) is 5.12. The van der Waals surface area contributed by atoms with Gasteiger partial charge in [-0.1, -0.05) is 55.4 Å². The van der Waals surface area contributed by atoms with Crippen LogP contribution in [0.25, 0.3) is 11.2 Å². The summed E-state index contributed by atoms with van der Waals surface area (Å²) in [4.78, 5) is 18.7. The van der Waals surface area contributed by atoms with Gasteiger partial charge in [-0.05, 0) is 45.4 Å². The van der Waals surface area contributed by atoms with Gasteiger partial charge in [0.2, 0.25) is 0 Å². The maximum absolute atomic E-state index is 5.57. The maximum Gasteiger partial charge on any atom is 0.184 e. The molecule has 0 amide bonds. The molecule has 6 heteroatoms. The first-order chi connectivity index (χ1) is 14.6. The molecule has 2 aromatic heterocycles. The van der Waals surface area contributed by atoms with Crippen LogP contribution in [-0.2, 0) is 11.9 Å². The fourth-order valence-corrected chi connectivity index (χ4v) is 4.26. The molecule has 6 nitrogen and oxygen atoms in total. The van der Waals surface area contributed by atoms with Gasteiger partial charge in [0.1, 0.15) is 6.33 Å². The number of rotatable bonds is 10. The van der Waals surface area contributed by atoms with Gasteiger partial charge in [-0.3, -0.25) is 4.84 Å². The normalized spacial score (nSPS) is 16.4. The third kappa shape index (κ3) is 6.14. The van der Waals surface area contributed by atoms with Crippen LogP contribution in [0, 0.1) is 5.92 Å². The van der Waals surface area contributed by atoms with Crippen LogP contribution < -0.4 is 5.06 Å². The molecule has 1 aliphatic carbocycles. The molecule has 0 aliphatic heterocycles. The summed E-state index contributed by atoms with van der Waals surface area (Å²) in [6.07, 6.45) is 20.0. The van der Waals surface area contributed by atoms with Gasteiger partial charge in [0, 0.05) is 7.05 Å². The zero-order chi connectivity index (χ0) is 21.3. The number of allylic oxidation sites excluding steroid dienone is 3. The molecule has 0 unspecified atom stereocenters. The van der Waals surface area contributed by atoms with Crippen LogP contribution in [0.5, 0.6) is 0 Å². The first-order valence-electron chi connectivity index (χ1n) is 11.3. The zero-order valence-electron chi connectivity index (χ0n) is 19.1. The topological polar surface area (TPSA) is 56.1 Å². The van der Waals surface area contributed by atoms with Crippen molar-refractivity contribution in [2.45, 2.75) is 71.6 Å². The van der Waals surface area contributed by atoms with Crippen LogP contribution >= 0.6 is 0 Å². The summed E-state index contributed by atoms with van der Waals surface area (Å²) in [6, 6.07) is 0. The molecular weight excluding hydrogens is 374 g/mol. The van der Waals surface area contributed by atoms with Crippen molar-refractivity contribution in [3.05, 3.63) is 36.0 Å². The lowest BCUT2D eigenvalue weighted by molar-refractivity contribution is 0.173. The molecule has 1 saturated carbocycles. The van der Waals surface area contributed by atoms with Gasteiger partial charge in [-0.2, -0.15) is 0 Å². The zero-order valence-corrected chi connectivity index (χ0v) is 19.1. The van der Waals surface area contributed by atoms with Gasteiger partial charge < -0.3 is 4.57 Å². The standard InChI is InChI=1S/C24H37N5O/c1-19(13-14-21-11-6-5-7-12-21)9-8-10-20(2)15-16-29(30-4)24-22-23(25-17-26-24)28(3)18-27-22/h9,15,17-18,21H,5-8,10-14,16H2,1-4H3/b19-9+,20-15+. The fraction of sp³-hybridized carbons (Fsp3) is 0.625. The molecule has 0 aromatic carbocycles. The molecule has 164 valence electrons. The molecule has 0 atom stereocenters. The molecule has 30 heavy (non-hydrogen) atoms. The van der Waals surface area contributed by atoms with Gasteiger partial charge in [0.05, 0.1) is 20.0 Å². The largest absolute Gasteiger partial charge is 0.318 e. The number of aromatic nitrogens is 4. The summed E-state index contributed by atoms with van der Waals surface area (Å²) in [5.74, 6) is 1.67. The van der Waals surface area contributed by atoms with Crippen LogP contribution in [0.3, 0.4) is 0 Å². The van der Waals surface area contributed by atoms with E-state index >= 15 is 0 Å². The Morgan fingerprint density at radius 1 is 1.10 bits per heavy atom. The second-order valence-electron chi connectivity index (χ2n) is 8.65. The lowest BCUT2D eigenvalue weighted by Crippen LogP contribution is -2.23. The van der Waals surface area contributed by atoms with E-state index in [1.54, 1.807) is 30.4 Å². The Morgan fingerprint density at radius 2 is 1.87 bits per heavy atom. The number of anilines is 1. The molecular formula is C24H37N5O. The van der Waals surface area contributed by atoms with E-state index in [4.69, 9.17) is 4.84 Å². The Morgan fingerprint density at radius 3 is 2.63 bits per heavy atom. The number of aryl methyl sites for hydroxylation is 1. The van der Waals surface area contributed by atoms with Crippen LogP contribution in [-0.4, -0.2) is 33.2 Å². The minimum absolute atomic E-state index is 0.634.